The second-order valence-corrected chi connectivity index (χ2v) is 4.87. The average molecular weight is 276 g/mol. The first-order valence-electron chi connectivity index (χ1n) is 6.56. The molecule has 106 valence electrons. The molecule has 0 aromatic heterocycles. The van der Waals surface area contributed by atoms with E-state index < -0.39 is 5.72 Å². The molecule has 3 atom stereocenters. The van der Waals surface area contributed by atoms with Crippen molar-refractivity contribution in [3.05, 3.63) is 36.8 Å². The maximum Gasteiger partial charge on any atom is 0.263 e. The van der Waals surface area contributed by atoms with Gasteiger partial charge in [0.2, 0.25) is 6.23 Å². The van der Waals surface area contributed by atoms with Crippen molar-refractivity contribution in [1.82, 2.24) is 26.5 Å². The summed E-state index contributed by atoms with van der Waals surface area (Å²) in [7, 11) is 0. The molecule has 3 unspecified atom stereocenters. The lowest BCUT2D eigenvalue weighted by Crippen LogP contribution is -2.66. The molecule has 0 saturated heterocycles. The van der Waals surface area contributed by atoms with E-state index in [2.05, 4.69) is 31.6 Å². The standard InChI is InChI=1S/C12H16N6O2/c1-2-14-17-10(1)12(11-13-3-5-19-11)18(4-6-20-12)9-7-15-16-8-9/h2-7,10-11,13,15-17H,1,8H2. The summed E-state index contributed by atoms with van der Waals surface area (Å²) in [6.07, 6.45) is 11.3. The molecule has 8 nitrogen and oxygen atoms in total. The van der Waals surface area contributed by atoms with Crippen LogP contribution in [0.1, 0.15) is 6.42 Å². The van der Waals surface area contributed by atoms with E-state index in [1.54, 1.807) is 18.7 Å². The van der Waals surface area contributed by atoms with Crippen LogP contribution in [0.25, 0.3) is 0 Å². The van der Waals surface area contributed by atoms with Crippen LogP contribution in [0.4, 0.5) is 0 Å². The van der Waals surface area contributed by atoms with Gasteiger partial charge in [0, 0.05) is 31.2 Å². The molecular weight excluding hydrogens is 260 g/mol. The lowest BCUT2D eigenvalue weighted by molar-refractivity contribution is -0.158. The van der Waals surface area contributed by atoms with E-state index in [0.717, 1.165) is 12.1 Å². The predicted molar refractivity (Wildman–Crippen MR) is 71.2 cm³/mol. The lowest BCUT2D eigenvalue weighted by Gasteiger charge is -2.44. The van der Waals surface area contributed by atoms with Gasteiger partial charge in [-0.2, -0.15) is 5.10 Å². The summed E-state index contributed by atoms with van der Waals surface area (Å²) >= 11 is 0. The van der Waals surface area contributed by atoms with E-state index in [1.165, 1.54) is 0 Å². The van der Waals surface area contributed by atoms with E-state index in [4.69, 9.17) is 9.47 Å². The van der Waals surface area contributed by atoms with Crippen LogP contribution in [0.5, 0.6) is 0 Å². The quantitative estimate of drug-likeness (QED) is 0.537. The first-order chi connectivity index (χ1) is 9.91. The topological polar surface area (TPSA) is 82.2 Å². The van der Waals surface area contributed by atoms with E-state index in [9.17, 15) is 0 Å². The Balaban J connectivity index is 1.70. The van der Waals surface area contributed by atoms with Gasteiger partial charge in [0.05, 0.1) is 12.2 Å². The van der Waals surface area contributed by atoms with Crippen molar-refractivity contribution in [3.8, 4) is 0 Å². The molecule has 4 heterocycles. The number of hydrazine groups is 1. The van der Waals surface area contributed by atoms with Crippen LogP contribution in [0, 0.1) is 0 Å². The largest absolute Gasteiger partial charge is 0.470 e. The fraction of sp³-hybridized carbons (Fsp3) is 0.417. The van der Waals surface area contributed by atoms with Crippen molar-refractivity contribution >= 4 is 6.21 Å². The van der Waals surface area contributed by atoms with Gasteiger partial charge in [0.25, 0.3) is 5.72 Å². The van der Waals surface area contributed by atoms with Crippen LogP contribution in [0.3, 0.4) is 0 Å². The number of hydrazone groups is 1. The van der Waals surface area contributed by atoms with Gasteiger partial charge in [-0.3, -0.25) is 0 Å². The maximum absolute atomic E-state index is 6.01. The molecule has 20 heavy (non-hydrogen) atoms. The first-order valence-corrected chi connectivity index (χ1v) is 6.56. The van der Waals surface area contributed by atoms with E-state index in [-0.39, 0.29) is 12.3 Å². The smallest absolute Gasteiger partial charge is 0.263 e. The van der Waals surface area contributed by atoms with Gasteiger partial charge < -0.3 is 30.5 Å². The van der Waals surface area contributed by atoms with Gasteiger partial charge in [0.15, 0.2) is 0 Å². The summed E-state index contributed by atoms with van der Waals surface area (Å²) in [5, 5.41) is 7.32. The Bertz CT molecular complexity index is 476. The molecule has 4 rings (SSSR count). The summed E-state index contributed by atoms with van der Waals surface area (Å²) in [5.74, 6) is 0. The van der Waals surface area contributed by atoms with E-state index in [0.29, 0.717) is 6.54 Å². The van der Waals surface area contributed by atoms with Crippen LogP contribution in [0.2, 0.25) is 0 Å². The zero-order chi connectivity index (χ0) is 13.4. The number of hydrogen-bond donors (Lipinski definition) is 4. The normalized spacial score (nSPS) is 37.2. The average Bonchev–Trinajstić information content (AvgIpc) is 3.23. The van der Waals surface area contributed by atoms with Crippen LogP contribution >= 0.6 is 0 Å². The minimum absolute atomic E-state index is 0.0172. The molecule has 4 aliphatic rings. The van der Waals surface area contributed by atoms with Crippen LogP contribution in [0.15, 0.2) is 41.9 Å². The number of rotatable bonds is 3. The minimum atomic E-state index is -0.723. The van der Waals surface area contributed by atoms with Crippen molar-refractivity contribution in [2.24, 2.45) is 5.10 Å². The summed E-state index contributed by atoms with van der Waals surface area (Å²) in [5.41, 5.74) is 9.53. The molecule has 4 N–H and O–H groups in total. The molecule has 0 radical (unpaired) electrons. The highest BCUT2D eigenvalue weighted by Crippen LogP contribution is 2.38. The lowest BCUT2D eigenvalue weighted by atomic mass is 9.97. The number of nitrogens with zero attached hydrogens (tertiary/aromatic N) is 2. The molecule has 0 amide bonds. The van der Waals surface area contributed by atoms with Gasteiger partial charge in [0.1, 0.15) is 18.6 Å². The van der Waals surface area contributed by atoms with Crippen molar-refractivity contribution in [2.45, 2.75) is 24.4 Å². The highest BCUT2D eigenvalue weighted by atomic mass is 16.6. The molecule has 4 aliphatic heterocycles. The third kappa shape index (κ3) is 1.48. The Morgan fingerprint density at radius 1 is 1.40 bits per heavy atom. The molecule has 0 bridgehead atoms. The van der Waals surface area contributed by atoms with Crippen LogP contribution in [-0.4, -0.2) is 35.7 Å². The third-order valence-electron chi connectivity index (χ3n) is 3.83. The predicted octanol–water partition coefficient (Wildman–Crippen LogP) is -0.800. The molecule has 0 saturated carbocycles. The third-order valence-corrected chi connectivity index (χ3v) is 3.83. The van der Waals surface area contributed by atoms with E-state index >= 15 is 0 Å². The number of nitrogens with one attached hydrogen (secondary N) is 4. The Labute approximate surface area is 116 Å². The van der Waals surface area contributed by atoms with Gasteiger partial charge in [-0.1, -0.05) is 0 Å². The first kappa shape index (κ1) is 11.5. The molecule has 0 aliphatic carbocycles. The Morgan fingerprint density at radius 2 is 2.40 bits per heavy atom. The monoisotopic (exact) mass is 276 g/mol. The minimum Gasteiger partial charge on any atom is -0.470 e. The summed E-state index contributed by atoms with van der Waals surface area (Å²) < 4.78 is 11.7. The highest BCUT2D eigenvalue weighted by Gasteiger charge is 2.57. The highest BCUT2D eigenvalue weighted by molar-refractivity contribution is 5.60. The fourth-order valence-corrected chi connectivity index (χ4v) is 2.91. The van der Waals surface area contributed by atoms with E-state index in [1.807, 2.05) is 18.6 Å². The summed E-state index contributed by atoms with van der Waals surface area (Å²) in [4.78, 5) is 2.08. The van der Waals surface area contributed by atoms with Crippen molar-refractivity contribution in [1.29, 1.82) is 0 Å². The molecule has 0 fully saturated rings. The molecule has 8 heteroatoms. The second-order valence-electron chi connectivity index (χ2n) is 4.87. The molecule has 0 aromatic rings. The van der Waals surface area contributed by atoms with Crippen LogP contribution < -0.4 is 21.6 Å². The van der Waals surface area contributed by atoms with Crippen molar-refractivity contribution in [3.63, 3.8) is 0 Å². The van der Waals surface area contributed by atoms with Crippen molar-refractivity contribution in [2.75, 3.05) is 6.54 Å². The summed E-state index contributed by atoms with van der Waals surface area (Å²) in [6.45, 7) is 0.711. The van der Waals surface area contributed by atoms with Gasteiger partial charge in [-0.15, -0.1) is 0 Å². The zero-order valence-corrected chi connectivity index (χ0v) is 10.7. The zero-order valence-electron chi connectivity index (χ0n) is 10.7. The van der Waals surface area contributed by atoms with Crippen LogP contribution in [-0.2, 0) is 9.47 Å². The molecular formula is C12H16N6O2. The Hall–Kier alpha value is -2.35. The molecule has 0 spiro atoms. The molecule has 0 aromatic carbocycles. The van der Waals surface area contributed by atoms with Gasteiger partial charge in [-0.25, -0.2) is 5.43 Å². The Morgan fingerprint density at radius 3 is 3.10 bits per heavy atom. The second kappa shape index (κ2) is 4.34. The Kier molecular flexibility index (Phi) is 2.49. The maximum atomic E-state index is 6.01. The summed E-state index contributed by atoms with van der Waals surface area (Å²) in [6, 6.07) is -0.0172. The van der Waals surface area contributed by atoms with Gasteiger partial charge in [-0.05, 0) is 0 Å². The van der Waals surface area contributed by atoms with Crippen molar-refractivity contribution < 1.29 is 9.47 Å². The number of hydrogen-bond acceptors (Lipinski definition) is 8. The fourth-order valence-electron chi connectivity index (χ4n) is 2.91. The van der Waals surface area contributed by atoms with Gasteiger partial charge >= 0.3 is 0 Å². The number of ether oxygens (including phenoxy) is 2. The SMILES string of the molecule is C1=COC(C2(C3CC=NN3)OC=CN2C2=CNNC2)N1.